The average molecular weight is 395 g/mol. The van der Waals surface area contributed by atoms with Gasteiger partial charge in [-0.2, -0.15) is 0 Å². The number of aryl methyl sites for hydroxylation is 1. The molecule has 29 heavy (non-hydrogen) atoms. The fourth-order valence-corrected chi connectivity index (χ4v) is 4.71. The van der Waals surface area contributed by atoms with E-state index in [1.165, 1.54) is 32.4 Å². The molecule has 2 aromatic rings. The summed E-state index contributed by atoms with van der Waals surface area (Å²) in [6.07, 6.45) is 6.26. The normalized spacial score (nSPS) is 21.4. The first-order chi connectivity index (χ1) is 14.2. The van der Waals surface area contributed by atoms with Crippen LogP contribution < -0.4 is 0 Å². The molecule has 0 saturated carbocycles. The van der Waals surface area contributed by atoms with Gasteiger partial charge < -0.3 is 14.2 Å². The maximum Gasteiger partial charge on any atom is 0.223 e. The smallest absolute Gasteiger partial charge is 0.223 e. The summed E-state index contributed by atoms with van der Waals surface area (Å²) in [5.74, 6) is 3.56. The predicted molar refractivity (Wildman–Crippen MR) is 117 cm³/mol. The Hall–Kier alpha value is -2.07. The van der Waals surface area contributed by atoms with Crippen molar-refractivity contribution in [1.29, 1.82) is 0 Å². The number of rotatable bonds is 6. The zero-order valence-electron chi connectivity index (χ0n) is 17.7. The minimum Gasteiger partial charge on any atom is -0.461 e. The zero-order chi connectivity index (χ0) is 20.1. The van der Waals surface area contributed by atoms with Crippen LogP contribution in [0.2, 0.25) is 0 Å². The molecule has 4 rings (SSSR count). The Morgan fingerprint density at radius 1 is 1.03 bits per heavy atom. The lowest BCUT2D eigenvalue weighted by molar-refractivity contribution is -0.133. The van der Waals surface area contributed by atoms with E-state index in [-0.39, 0.29) is 5.91 Å². The summed E-state index contributed by atoms with van der Waals surface area (Å²) in [7, 11) is 0. The number of amides is 1. The molecule has 0 radical (unpaired) electrons. The van der Waals surface area contributed by atoms with Gasteiger partial charge in [0.2, 0.25) is 5.91 Å². The largest absolute Gasteiger partial charge is 0.461 e. The van der Waals surface area contributed by atoms with Crippen molar-refractivity contribution in [3.63, 3.8) is 0 Å². The van der Waals surface area contributed by atoms with Crippen LogP contribution in [-0.2, 0) is 11.2 Å². The number of piperidine rings is 2. The molecule has 0 aliphatic carbocycles. The summed E-state index contributed by atoms with van der Waals surface area (Å²) in [4.78, 5) is 17.5. The summed E-state index contributed by atoms with van der Waals surface area (Å²) in [5, 5.41) is 0. The number of hydrogen-bond donors (Lipinski definition) is 0. The Labute approximate surface area is 174 Å². The zero-order valence-corrected chi connectivity index (χ0v) is 17.7. The van der Waals surface area contributed by atoms with Gasteiger partial charge in [0.1, 0.15) is 11.5 Å². The molecule has 2 aliphatic rings. The highest BCUT2D eigenvalue weighted by Crippen LogP contribution is 2.24. The maximum atomic E-state index is 12.8. The Bertz CT molecular complexity index is 777. The molecule has 2 aliphatic heterocycles. The standard InChI is InChI=1S/C25H34N2O2/c1-20-13-16-26(17-14-20)18-21-6-5-15-27(19-21)25(28)12-10-23-9-11-24(29-23)22-7-3-2-4-8-22/h2-4,7-9,11,20-21H,5-6,10,12-19H2,1H3. The van der Waals surface area contributed by atoms with E-state index >= 15 is 0 Å². The van der Waals surface area contributed by atoms with Crippen molar-refractivity contribution < 1.29 is 9.21 Å². The molecular weight excluding hydrogens is 360 g/mol. The topological polar surface area (TPSA) is 36.7 Å². The minimum atomic E-state index is 0.277. The molecular formula is C25H34N2O2. The Kier molecular flexibility index (Phi) is 6.70. The molecule has 0 spiro atoms. The highest BCUT2D eigenvalue weighted by molar-refractivity contribution is 5.76. The third-order valence-electron chi connectivity index (χ3n) is 6.57. The summed E-state index contributed by atoms with van der Waals surface area (Å²) in [6, 6.07) is 14.1. The second-order valence-corrected chi connectivity index (χ2v) is 8.96. The SMILES string of the molecule is CC1CCN(CC2CCCN(C(=O)CCc3ccc(-c4ccccc4)o3)C2)CC1. The van der Waals surface area contributed by atoms with Gasteiger partial charge in [0, 0.05) is 38.0 Å². The number of hydrogen-bond acceptors (Lipinski definition) is 3. The van der Waals surface area contributed by atoms with Crippen molar-refractivity contribution in [2.75, 3.05) is 32.7 Å². The van der Waals surface area contributed by atoms with Crippen LogP contribution in [0.1, 0.15) is 44.8 Å². The third kappa shape index (κ3) is 5.51. The Balaban J connectivity index is 1.25. The lowest BCUT2D eigenvalue weighted by Crippen LogP contribution is -2.45. The lowest BCUT2D eigenvalue weighted by Gasteiger charge is -2.38. The molecule has 1 aromatic carbocycles. The number of nitrogens with zero attached hydrogens (tertiary/aromatic N) is 2. The molecule has 1 aromatic heterocycles. The van der Waals surface area contributed by atoms with Crippen LogP contribution in [0.4, 0.5) is 0 Å². The third-order valence-corrected chi connectivity index (χ3v) is 6.57. The number of furan rings is 1. The first-order valence-electron chi connectivity index (χ1n) is 11.3. The molecule has 3 heterocycles. The van der Waals surface area contributed by atoms with Crippen molar-refractivity contribution in [1.82, 2.24) is 9.80 Å². The van der Waals surface area contributed by atoms with Gasteiger partial charge in [-0.05, 0) is 62.7 Å². The summed E-state index contributed by atoms with van der Waals surface area (Å²) in [6.45, 7) is 7.83. The van der Waals surface area contributed by atoms with Crippen molar-refractivity contribution in [2.45, 2.75) is 45.4 Å². The van der Waals surface area contributed by atoms with E-state index < -0.39 is 0 Å². The first-order valence-corrected chi connectivity index (χ1v) is 11.3. The fourth-order valence-electron chi connectivity index (χ4n) is 4.71. The van der Waals surface area contributed by atoms with E-state index in [4.69, 9.17) is 4.42 Å². The van der Waals surface area contributed by atoms with Crippen LogP contribution >= 0.6 is 0 Å². The van der Waals surface area contributed by atoms with Gasteiger partial charge in [0.05, 0.1) is 0 Å². The van der Waals surface area contributed by atoms with Gasteiger partial charge in [0.25, 0.3) is 0 Å². The van der Waals surface area contributed by atoms with Crippen LogP contribution in [0.25, 0.3) is 11.3 Å². The summed E-state index contributed by atoms with van der Waals surface area (Å²) >= 11 is 0. The van der Waals surface area contributed by atoms with E-state index in [1.807, 2.05) is 42.5 Å². The van der Waals surface area contributed by atoms with Crippen LogP contribution in [0.3, 0.4) is 0 Å². The highest BCUT2D eigenvalue weighted by atomic mass is 16.3. The molecule has 4 heteroatoms. The molecule has 1 amide bonds. The maximum absolute atomic E-state index is 12.8. The minimum absolute atomic E-state index is 0.277. The van der Waals surface area contributed by atoms with Crippen LogP contribution in [0, 0.1) is 11.8 Å². The van der Waals surface area contributed by atoms with E-state index in [2.05, 4.69) is 16.7 Å². The van der Waals surface area contributed by atoms with Crippen molar-refractivity contribution in [3.8, 4) is 11.3 Å². The van der Waals surface area contributed by atoms with Gasteiger partial charge >= 0.3 is 0 Å². The Morgan fingerprint density at radius 3 is 2.62 bits per heavy atom. The van der Waals surface area contributed by atoms with Crippen LogP contribution in [0.5, 0.6) is 0 Å². The van der Waals surface area contributed by atoms with Crippen molar-refractivity contribution >= 4 is 5.91 Å². The van der Waals surface area contributed by atoms with E-state index in [1.54, 1.807) is 0 Å². The van der Waals surface area contributed by atoms with Crippen molar-refractivity contribution in [3.05, 3.63) is 48.2 Å². The predicted octanol–water partition coefficient (Wildman–Crippen LogP) is 4.85. The molecule has 0 bridgehead atoms. The van der Waals surface area contributed by atoms with Gasteiger partial charge in [-0.3, -0.25) is 4.79 Å². The van der Waals surface area contributed by atoms with E-state index in [0.717, 1.165) is 49.1 Å². The Morgan fingerprint density at radius 2 is 1.83 bits per heavy atom. The van der Waals surface area contributed by atoms with Crippen LogP contribution in [0.15, 0.2) is 46.9 Å². The number of benzene rings is 1. The van der Waals surface area contributed by atoms with Gasteiger partial charge in [-0.1, -0.05) is 37.3 Å². The molecule has 1 atom stereocenters. The first kappa shape index (κ1) is 20.2. The van der Waals surface area contributed by atoms with Gasteiger partial charge in [-0.25, -0.2) is 0 Å². The van der Waals surface area contributed by atoms with Gasteiger partial charge in [-0.15, -0.1) is 0 Å². The molecule has 156 valence electrons. The lowest BCUT2D eigenvalue weighted by atomic mass is 9.94. The highest BCUT2D eigenvalue weighted by Gasteiger charge is 2.26. The second kappa shape index (κ2) is 9.62. The van der Waals surface area contributed by atoms with Gasteiger partial charge in [0.15, 0.2) is 0 Å². The fraction of sp³-hybridized carbons (Fsp3) is 0.560. The molecule has 4 nitrogen and oxygen atoms in total. The van der Waals surface area contributed by atoms with Crippen molar-refractivity contribution in [2.24, 2.45) is 11.8 Å². The average Bonchev–Trinajstić information content (AvgIpc) is 3.24. The summed E-state index contributed by atoms with van der Waals surface area (Å²) < 4.78 is 5.96. The number of likely N-dealkylation sites (tertiary alicyclic amines) is 2. The van der Waals surface area contributed by atoms with E-state index in [0.29, 0.717) is 18.8 Å². The molecule has 2 saturated heterocycles. The van der Waals surface area contributed by atoms with E-state index in [9.17, 15) is 4.79 Å². The molecule has 1 unspecified atom stereocenters. The quantitative estimate of drug-likeness (QED) is 0.703. The summed E-state index contributed by atoms with van der Waals surface area (Å²) in [5.41, 5.74) is 1.08. The number of carbonyl (C=O) groups is 1. The number of carbonyl (C=O) groups excluding carboxylic acids is 1. The monoisotopic (exact) mass is 394 g/mol. The molecule has 0 N–H and O–H groups in total. The van der Waals surface area contributed by atoms with Crippen LogP contribution in [-0.4, -0.2) is 48.4 Å². The second-order valence-electron chi connectivity index (χ2n) is 8.96. The molecule has 2 fully saturated rings.